The molecule has 6 nitrogen and oxygen atoms in total. The van der Waals surface area contributed by atoms with Gasteiger partial charge in [-0.2, -0.15) is 0 Å². The first kappa shape index (κ1) is 11.8. The third-order valence-electron chi connectivity index (χ3n) is 2.99. The summed E-state index contributed by atoms with van der Waals surface area (Å²) in [6, 6.07) is 0.348. The molecular formula is C11H15N3O3. The molecule has 0 bridgehead atoms. The Morgan fingerprint density at radius 2 is 2.24 bits per heavy atom. The van der Waals surface area contributed by atoms with Crippen molar-refractivity contribution in [2.75, 3.05) is 18.1 Å². The van der Waals surface area contributed by atoms with Crippen molar-refractivity contribution in [1.29, 1.82) is 0 Å². The van der Waals surface area contributed by atoms with E-state index in [-0.39, 0.29) is 12.3 Å². The number of aliphatic hydroxyl groups excluding tert-OH is 1. The summed E-state index contributed by atoms with van der Waals surface area (Å²) in [6.07, 6.45) is 6.04. The van der Waals surface area contributed by atoms with E-state index in [4.69, 9.17) is 10.2 Å². The van der Waals surface area contributed by atoms with Gasteiger partial charge >= 0.3 is 5.97 Å². The zero-order valence-electron chi connectivity index (χ0n) is 9.41. The van der Waals surface area contributed by atoms with Crippen molar-refractivity contribution in [2.24, 2.45) is 0 Å². The molecule has 0 unspecified atom stereocenters. The molecule has 0 aliphatic heterocycles. The minimum Gasteiger partial charge on any atom is -0.476 e. The predicted molar refractivity (Wildman–Crippen MR) is 61.1 cm³/mol. The Labute approximate surface area is 98.9 Å². The number of hydrogen-bond acceptors (Lipinski definition) is 5. The standard InChI is InChI=1S/C11H15N3O3/c15-5-4-14(8-2-1-3-8)10-7-12-6-9(13-10)11(16)17/h6-8,15H,1-5H2,(H,16,17). The van der Waals surface area contributed by atoms with Crippen molar-refractivity contribution in [3.8, 4) is 0 Å². The van der Waals surface area contributed by atoms with Gasteiger partial charge in [-0.15, -0.1) is 0 Å². The Hall–Kier alpha value is -1.69. The van der Waals surface area contributed by atoms with Crippen molar-refractivity contribution in [2.45, 2.75) is 25.3 Å². The quantitative estimate of drug-likeness (QED) is 0.776. The van der Waals surface area contributed by atoms with Crippen molar-refractivity contribution in [3.05, 3.63) is 18.1 Å². The third-order valence-corrected chi connectivity index (χ3v) is 2.99. The van der Waals surface area contributed by atoms with Crippen LogP contribution in [-0.4, -0.2) is 45.3 Å². The monoisotopic (exact) mass is 237 g/mol. The average Bonchev–Trinajstić information content (AvgIpc) is 2.26. The summed E-state index contributed by atoms with van der Waals surface area (Å²) in [4.78, 5) is 20.7. The lowest BCUT2D eigenvalue weighted by Gasteiger charge is -2.37. The lowest BCUT2D eigenvalue weighted by molar-refractivity contribution is 0.0690. The van der Waals surface area contributed by atoms with Gasteiger partial charge in [0.1, 0.15) is 5.82 Å². The Bertz CT molecular complexity index is 407. The molecule has 1 aromatic rings. The number of carbonyl (C=O) groups is 1. The first-order valence-corrected chi connectivity index (χ1v) is 5.65. The van der Waals surface area contributed by atoms with E-state index in [0.717, 1.165) is 12.8 Å². The highest BCUT2D eigenvalue weighted by Crippen LogP contribution is 2.27. The van der Waals surface area contributed by atoms with E-state index in [9.17, 15) is 4.79 Å². The fourth-order valence-electron chi connectivity index (χ4n) is 1.89. The van der Waals surface area contributed by atoms with Crippen LogP contribution in [0.1, 0.15) is 29.8 Å². The van der Waals surface area contributed by atoms with E-state index in [0.29, 0.717) is 18.4 Å². The van der Waals surface area contributed by atoms with Gasteiger partial charge in [-0.05, 0) is 19.3 Å². The molecule has 2 rings (SSSR count). The summed E-state index contributed by atoms with van der Waals surface area (Å²) < 4.78 is 0. The number of nitrogens with zero attached hydrogens (tertiary/aromatic N) is 3. The molecule has 1 aromatic heterocycles. The number of aromatic nitrogens is 2. The molecule has 1 saturated carbocycles. The first-order valence-electron chi connectivity index (χ1n) is 5.65. The van der Waals surface area contributed by atoms with Crippen LogP contribution in [0.25, 0.3) is 0 Å². The van der Waals surface area contributed by atoms with Crippen LogP contribution in [0.3, 0.4) is 0 Å². The molecule has 0 spiro atoms. The Kier molecular flexibility index (Phi) is 3.53. The Balaban J connectivity index is 2.22. The molecule has 92 valence electrons. The molecule has 1 fully saturated rings. The second kappa shape index (κ2) is 5.09. The molecular weight excluding hydrogens is 222 g/mol. The number of aromatic carboxylic acids is 1. The summed E-state index contributed by atoms with van der Waals surface area (Å²) in [5.74, 6) is -0.555. The van der Waals surface area contributed by atoms with E-state index >= 15 is 0 Å². The molecule has 0 radical (unpaired) electrons. The summed E-state index contributed by atoms with van der Waals surface area (Å²) in [7, 11) is 0. The Morgan fingerprint density at radius 1 is 1.47 bits per heavy atom. The van der Waals surface area contributed by atoms with Gasteiger partial charge in [-0.1, -0.05) is 0 Å². The summed E-state index contributed by atoms with van der Waals surface area (Å²) >= 11 is 0. The molecule has 1 aliphatic carbocycles. The third kappa shape index (κ3) is 2.52. The van der Waals surface area contributed by atoms with Crippen LogP contribution in [0.4, 0.5) is 5.82 Å². The average molecular weight is 237 g/mol. The lowest BCUT2D eigenvalue weighted by Crippen LogP contribution is -2.42. The zero-order chi connectivity index (χ0) is 12.3. The van der Waals surface area contributed by atoms with Gasteiger partial charge in [0, 0.05) is 12.6 Å². The van der Waals surface area contributed by atoms with Gasteiger partial charge in [-0.25, -0.2) is 9.78 Å². The maximum Gasteiger partial charge on any atom is 0.356 e. The number of rotatable bonds is 5. The summed E-state index contributed by atoms with van der Waals surface area (Å²) in [6.45, 7) is 0.484. The normalized spacial score (nSPS) is 15.4. The number of carboxylic acid groups (broad SMARTS) is 1. The largest absolute Gasteiger partial charge is 0.476 e. The van der Waals surface area contributed by atoms with Gasteiger partial charge in [0.2, 0.25) is 0 Å². The van der Waals surface area contributed by atoms with Crippen LogP contribution in [0.2, 0.25) is 0 Å². The number of hydrogen-bond donors (Lipinski definition) is 2. The van der Waals surface area contributed by atoms with Crippen LogP contribution in [0.15, 0.2) is 12.4 Å². The van der Waals surface area contributed by atoms with Gasteiger partial charge in [0.25, 0.3) is 0 Å². The number of anilines is 1. The zero-order valence-corrected chi connectivity index (χ0v) is 9.41. The van der Waals surface area contributed by atoms with E-state index < -0.39 is 5.97 Å². The topological polar surface area (TPSA) is 86.5 Å². The van der Waals surface area contributed by atoms with E-state index in [1.165, 1.54) is 12.6 Å². The molecule has 6 heteroatoms. The van der Waals surface area contributed by atoms with Crippen molar-refractivity contribution in [1.82, 2.24) is 9.97 Å². The fourth-order valence-corrected chi connectivity index (χ4v) is 1.89. The van der Waals surface area contributed by atoms with Crippen molar-refractivity contribution >= 4 is 11.8 Å². The molecule has 1 aliphatic rings. The maximum absolute atomic E-state index is 10.8. The molecule has 0 atom stereocenters. The van der Waals surface area contributed by atoms with Crippen LogP contribution in [0, 0.1) is 0 Å². The van der Waals surface area contributed by atoms with Crippen LogP contribution < -0.4 is 4.90 Å². The molecule has 0 amide bonds. The highest BCUT2D eigenvalue weighted by atomic mass is 16.4. The fraction of sp³-hybridized carbons (Fsp3) is 0.545. The summed E-state index contributed by atoms with van der Waals surface area (Å²) in [5, 5.41) is 17.9. The molecule has 2 N–H and O–H groups in total. The Morgan fingerprint density at radius 3 is 2.76 bits per heavy atom. The van der Waals surface area contributed by atoms with Gasteiger partial charge in [0.05, 0.1) is 19.0 Å². The summed E-state index contributed by atoms with van der Waals surface area (Å²) in [5.41, 5.74) is -0.0650. The predicted octanol–water partition coefficient (Wildman–Crippen LogP) is 0.526. The number of aliphatic hydroxyl groups is 1. The van der Waals surface area contributed by atoms with Crippen molar-refractivity contribution < 1.29 is 15.0 Å². The van der Waals surface area contributed by atoms with Crippen molar-refractivity contribution in [3.63, 3.8) is 0 Å². The van der Waals surface area contributed by atoms with Gasteiger partial charge in [-0.3, -0.25) is 4.98 Å². The van der Waals surface area contributed by atoms with Gasteiger partial charge < -0.3 is 15.1 Å². The molecule has 1 heterocycles. The molecule has 0 aromatic carbocycles. The SMILES string of the molecule is O=C(O)c1cncc(N(CCO)C2CCC2)n1. The second-order valence-corrected chi connectivity index (χ2v) is 4.07. The maximum atomic E-state index is 10.8. The van der Waals surface area contributed by atoms with E-state index in [1.54, 1.807) is 6.20 Å². The molecule has 0 saturated heterocycles. The number of carboxylic acids is 1. The highest BCUT2D eigenvalue weighted by molar-refractivity contribution is 5.85. The lowest BCUT2D eigenvalue weighted by atomic mass is 9.91. The van der Waals surface area contributed by atoms with E-state index in [2.05, 4.69) is 9.97 Å². The highest BCUT2D eigenvalue weighted by Gasteiger charge is 2.26. The second-order valence-electron chi connectivity index (χ2n) is 4.07. The smallest absolute Gasteiger partial charge is 0.356 e. The minimum atomic E-state index is -1.09. The minimum absolute atomic E-state index is 0.0233. The van der Waals surface area contributed by atoms with E-state index in [1.807, 2.05) is 4.90 Å². The first-order chi connectivity index (χ1) is 8.22. The van der Waals surface area contributed by atoms with Gasteiger partial charge in [0.15, 0.2) is 5.69 Å². The van der Waals surface area contributed by atoms with Crippen LogP contribution >= 0.6 is 0 Å². The van der Waals surface area contributed by atoms with Crippen LogP contribution in [-0.2, 0) is 0 Å². The molecule has 17 heavy (non-hydrogen) atoms. The van der Waals surface area contributed by atoms with Crippen LogP contribution in [0.5, 0.6) is 0 Å².